The summed E-state index contributed by atoms with van der Waals surface area (Å²) in [7, 11) is 0. The molecule has 3 atom stereocenters. The first-order valence-corrected chi connectivity index (χ1v) is 13.8. The van der Waals surface area contributed by atoms with Gasteiger partial charge in [0.15, 0.2) is 12.3 Å². The van der Waals surface area contributed by atoms with Crippen molar-refractivity contribution in [1.82, 2.24) is 0 Å². The highest BCUT2D eigenvalue weighted by molar-refractivity contribution is 5.32. The Morgan fingerprint density at radius 3 is 2.32 bits per heavy atom. The number of allylic oxidation sites excluding steroid dienone is 5. The van der Waals surface area contributed by atoms with Crippen molar-refractivity contribution in [3.05, 3.63) is 78.2 Å². The van der Waals surface area contributed by atoms with E-state index < -0.39 is 12.3 Å². The SMILES string of the molecule is C=CCOc1ccc(C2CCC(/C=C/C(=C)C(F)C(F)/C(=C\C)C3CCC(C(C)O)CC3)CC2)c(F)c1. The molecule has 1 N–H and O–H groups in total. The van der Waals surface area contributed by atoms with Crippen molar-refractivity contribution < 1.29 is 23.0 Å². The first-order chi connectivity index (χ1) is 17.7. The zero-order valence-electron chi connectivity index (χ0n) is 22.4. The van der Waals surface area contributed by atoms with Gasteiger partial charge in [0, 0.05) is 6.07 Å². The Labute approximate surface area is 221 Å². The fourth-order valence-corrected chi connectivity index (χ4v) is 5.97. The van der Waals surface area contributed by atoms with E-state index in [9.17, 15) is 9.50 Å². The third-order valence-electron chi connectivity index (χ3n) is 8.32. The van der Waals surface area contributed by atoms with E-state index in [2.05, 4.69) is 13.2 Å². The predicted molar refractivity (Wildman–Crippen MR) is 146 cm³/mol. The average molecular weight is 517 g/mol. The maximum absolute atomic E-state index is 15.3. The monoisotopic (exact) mass is 516 g/mol. The zero-order valence-corrected chi connectivity index (χ0v) is 22.4. The summed E-state index contributed by atoms with van der Waals surface area (Å²) in [6.45, 7) is 11.3. The summed E-state index contributed by atoms with van der Waals surface area (Å²) in [5.74, 6) is 0.899. The van der Waals surface area contributed by atoms with Crippen LogP contribution in [0.15, 0.2) is 66.8 Å². The molecule has 1 aromatic rings. The van der Waals surface area contributed by atoms with Gasteiger partial charge in [0.2, 0.25) is 0 Å². The van der Waals surface area contributed by atoms with Gasteiger partial charge in [-0.1, -0.05) is 43.5 Å². The lowest BCUT2D eigenvalue weighted by Crippen LogP contribution is -2.29. The lowest BCUT2D eigenvalue weighted by atomic mass is 9.75. The van der Waals surface area contributed by atoms with E-state index in [0.717, 1.165) is 51.4 Å². The summed E-state index contributed by atoms with van der Waals surface area (Å²) < 4.78 is 50.4. The molecule has 0 aromatic heterocycles. The van der Waals surface area contributed by atoms with E-state index in [0.29, 0.717) is 23.5 Å². The molecule has 3 rings (SSSR count). The molecular formula is C32H43F3O2. The molecule has 3 unspecified atom stereocenters. The van der Waals surface area contributed by atoms with Crippen LogP contribution in [0.3, 0.4) is 0 Å². The van der Waals surface area contributed by atoms with Crippen LogP contribution in [-0.2, 0) is 0 Å². The minimum Gasteiger partial charge on any atom is -0.489 e. The first kappa shape index (κ1) is 29.3. The zero-order chi connectivity index (χ0) is 26.9. The molecule has 0 aliphatic heterocycles. The molecule has 2 aliphatic carbocycles. The second-order valence-corrected chi connectivity index (χ2v) is 10.8. The smallest absolute Gasteiger partial charge is 0.159 e. The highest BCUT2D eigenvalue weighted by Crippen LogP contribution is 2.40. The van der Waals surface area contributed by atoms with Crippen LogP contribution in [0.4, 0.5) is 13.2 Å². The molecule has 0 saturated heterocycles. The molecule has 0 radical (unpaired) electrons. The summed E-state index contributed by atoms with van der Waals surface area (Å²) in [5, 5.41) is 9.82. The lowest BCUT2D eigenvalue weighted by molar-refractivity contribution is 0.0893. The van der Waals surface area contributed by atoms with E-state index in [1.54, 1.807) is 44.2 Å². The van der Waals surface area contributed by atoms with Crippen molar-refractivity contribution in [3.8, 4) is 5.75 Å². The average Bonchev–Trinajstić information content (AvgIpc) is 2.91. The minimum absolute atomic E-state index is 0.0170. The van der Waals surface area contributed by atoms with Gasteiger partial charge in [-0.2, -0.15) is 0 Å². The normalized spacial score (nSPS) is 27.5. The highest BCUT2D eigenvalue weighted by Gasteiger charge is 2.33. The number of halogens is 3. The summed E-state index contributed by atoms with van der Waals surface area (Å²) in [6, 6.07) is 5.03. The topological polar surface area (TPSA) is 29.5 Å². The number of aliphatic hydroxyl groups excluding tert-OH is 1. The molecule has 1 aromatic carbocycles. The second-order valence-electron chi connectivity index (χ2n) is 10.8. The standard InChI is InChI=1S/C32H43F3O2/c1-5-19-37-27-17-18-29(30(33)20-27)26-11-9-23(10-12-26)8-7-21(3)31(34)32(35)28(6-2)25-15-13-24(14-16-25)22(4)36/h5-8,17-18,20,22-26,31-32,36H,1,3,9-16,19H2,2,4H3/b8-7+,28-6-. The number of hydrogen-bond acceptors (Lipinski definition) is 2. The van der Waals surface area contributed by atoms with Crippen molar-refractivity contribution in [3.63, 3.8) is 0 Å². The van der Waals surface area contributed by atoms with Gasteiger partial charge >= 0.3 is 0 Å². The van der Waals surface area contributed by atoms with Crippen LogP contribution in [0, 0.1) is 23.6 Å². The molecule has 0 heterocycles. The van der Waals surface area contributed by atoms with E-state index in [1.807, 2.05) is 6.08 Å². The Morgan fingerprint density at radius 2 is 1.76 bits per heavy atom. The summed E-state index contributed by atoms with van der Waals surface area (Å²) in [4.78, 5) is 0. The van der Waals surface area contributed by atoms with Crippen molar-refractivity contribution >= 4 is 0 Å². The van der Waals surface area contributed by atoms with Crippen molar-refractivity contribution in [2.24, 2.45) is 17.8 Å². The van der Waals surface area contributed by atoms with Gasteiger partial charge in [-0.25, -0.2) is 13.2 Å². The molecule has 0 amide bonds. The Balaban J connectivity index is 1.50. The van der Waals surface area contributed by atoms with Gasteiger partial charge in [-0.3, -0.25) is 0 Å². The predicted octanol–water partition coefficient (Wildman–Crippen LogP) is 8.59. The van der Waals surface area contributed by atoms with Gasteiger partial charge in [0.1, 0.15) is 18.2 Å². The van der Waals surface area contributed by atoms with Crippen LogP contribution in [0.2, 0.25) is 0 Å². The van der Waals surface area contributed by atoms with Crippen molar-refractivity contribution in [1.29, 1.82) is 0 Å². The largest absolute Gasteiger partial charge is 0.489 e. The molecule has 204 valence electrons. The van der Waals surface area contributed by atoms with Gasteiger partial charge in [0.05, 0.1) is 6.10 Å². The lowest BCUT2D eigenvalue weighted by Gasteiger charge is -2.33. The molecule has 2 saturated carbocycles. The number of benzene rings is 1. The molecule has 0 spiro atoms. The molecule has 2 aliphatic rings. The van der Waals surface area contributed by atoms with Gasteiger partial charge in [0.25, 0.3) is 0 Å². The molecule has 2 fully saturated rings. The molecule has 37 heavy (non-hydrogen) atoms. The fourth-order valence-electron chi connectivity index (χ4n) is 5.97. The highest BCUT2D eigenvalue weighted by atomic mass is 19.2. The van der Waals surface area contributed by atoms with Crippen LogP contribution >= 0.6 is 0 Å². The van der Waals surface area contributed by atoms with E-state index in [1.165, 1.54) is 6.07 Å². The maximum Gasteiger partial charge on any atom is 0.159 e. The molecule has 2 nitrogen and oxygen atoms in total. The van der Waals surface area contributed by atoms with E-state index >= 15 is 8.78 Å². The van der Waals surface area contributed by atoms with Crippen molar-refractivity contribution in [2.45, 2.75) is 89.6 Å². The number of ether oxygens (including phenoxy) is 1. The van der Waals surface area contributed by atoms with E-state index in [-0.39, 0.29) is 41.2 Å². The van der Waals surface area contributed by atoms with Crippen LogP contribution in [0.5, 0.6) is 5.75 Å². The second kappa shape index (κ2) is 14.0. The summed E-state index contributed by atoms with van der Waals surface area (Å²) in [6.07, 6.45) is 9.75. The molecule has 0 bridgehead atoms. The Kier molecular flexibility index (Phi) is 11.1. The van der Waals surface area contributed by atoms with Crippen LogP contribution in [0.1, 0.15) is 76.7 Å². The molecule has 5 heteroatoms. The Bertz CT molecular complexity index is 951. The Hall–Kier alpha value is -2.27. The van der Waals surface area contributed by atoms with Gasteiger partial charge in [-0.05, 0) is 112 Å². The minimum atomic E-state index is -1.77. The summed E-state index contributed by atoms with van der Waals surface area (Å²) in [5.41, 5.74) is 1.39. The van der Waals surface area contributed by atoms with E-state index in [4.69, 9.17) is 4.74 Å². The third-order valence-corrected chi connectivity index (χ3v) is 8.32. The van der Waals surface area contributed by atoms with Crippen LogP contribution in [0.25, 0.3) is 0 Å². The number of rotatable bonds is 11. The quantitative estimate of drug-likeness (QED) is 0.236. The fraction of sp³-hybridized carbons (Fsp3) is 0.562. The number of aliphatic hydroxyl groups is 1. The van der Waals surface area contributed by atoms with Gasteiger partial charge in [-0.15, -0.1) is 0 Å². The Morgan fingerprint density at radius 1 is 1.08 bits per heavy atom. The number of hydrogen-bond donors (Lipinski definition) is 1. The third kappa shape index (κ3) is 7.86. The van der Waals surface area contributed by atoms with Gasteiger partial charge < -0.3 is 9.84 Å². The first-order valence-electron chi connectivity index (χ1n) is 13.8. The summed E-state index contributed by atoms with van der Waals surface area (Å²) >= 11 is 0. The van der Waals surface area contributed by atoms with Crippen LogP contribution in [-0.4, -0.2) is 30.2 Å². The van der Waals surface area contributed by atoms with Crippen LogP contribution < -0.4 is 4.74 Å². The number of alkyl halides is 2. The molecular weight excluding hydrogens is 473 g/mol. The maximum atomic E-state index is 15.3. The van der Waals surface area contributed by atoms with Crippen molar-refractivity contribution in [2.75, 3.05) is 6.61 Å².